The van der Waals surface area contributed by atoms with Crippen LogP contribution in [0, 0.1) is 5.92 Å². The number of nitrogens with two attached hydrogens (primary N) is 1. The summed E-state index contributed by atoms with van der Waals surface area (Å²) in [5.41, 5.74) is 8.87. The van der Waals surface area contributed by atoms with Gasteiger partial charge < -0.3 is 11.1 Å². The number of pyridine rings is 1. The molecule has 1 aromatic carbocycles. The van der Waals surface area contributed by atoms with E-state index in [0.717, 1.165) is 35.2 Å². The molecule has 17 heavy (non-hydrogen) atoms. The predicted molar refractivity (Wildman–Crippen MR) is 74.1 cm³/mol. The summed E-state index contributed by atoms with van der Waals surface area (Å²) in [6.45, 7) is 5.39. The number of hydrogen-bond acceptors (Lipinski definition) is 3. The van der Waals surface area contributed by atoms with E-state index in [-0.39, 0.29) is 0 Å². The van der Waals surface area contributed by atoms with Crippen molar-refractivity contribution in [1.82, 2.24) is 4.98 Å². The maximum atomic E-state index is 6.13. The van der Waals surface area contributed by atoms with E-state index in [9.17, 15) is 0 Å². The van der Waals surface area contributed by atoms with Crippen molar-refractivity contribution in [1.29, 1.82) is 0 Å². The summed E-state index contributed by atoms with van der Waals surface area (Å²) in [4.78, 5) is 4.28. The second-order valence-electron chi connectivity index (χ2n) is 4.71. The zero-order chi connectivity index (χ0) is 12.3. The van der Waals surface area contributed by atoms with Crippen LogP contribution in [0.3, 0.4) is 0 Å². The second-order valence-corrected chi connectivity index (χ2v) is 4.71. The smallest absolute Gasteiger partial charge is 0.0724 e. The summed E-state index contributed by atoms with van der Waals surface area (Å²) in [7, 11) is 0. The molecule has 0 amide bonds. The van der Waals surface area contributed by atoms with Gasteiger partial charge in [0, 0.05) is 18.1 Å². The van der Waals surface area contributed by atoms with E-state index in [2.05, 4.69) is 24.1 Å². The van der Waals surface area contributed by atoms with Gasteiger partial charge in [-0.2, -0.15) is 0 Å². The molecule has 3 nitrogen and oxygen atoms in total. The van der Waals surface area contributed by atoms with Crippen LogP contribution < -0.4 is 11.1 Å². The summed E-state index contributed by atoms with van der Waals surface area (Å²) in [6, 6.07) is 7.93. The van der Waals surface area contributed by atoms with Crippen LogP contribution in [0.25, 0.3) is 10.9 Å². The van der Waals surface area contributed by atoms with E-state index < -0.39 is 0 Å². The number of nitrogens with zero attached hydrogens (tertiary/aromatic N) is 1. The summed E-state index contributed by atoms with van der Waals surface area (Å²) in [5.74, 6) is 0.700. The van der Waals surface area contributed by atoms with Crippen LogP contribution >= 0.6 is 0 Å². The maximum absolute atomic E-state index is 6.13. The topological polar surface area (TPSA) is 50.9 Å². The van der Waals surface area contributed by atoms with Crippen LogP contribution in [0.4, 0.5) is 11.4 Å². The Kier molecular flexibility index (Phi) is 3.47. The van der Waals surface area contributed by atoms with Crippen molar-refractivity contribution in [3.05, 3.63) is 30.5 Å². The van der Waals surface area contributed by atoms with Crippen molar-refractivity contribution < 1.29 is 0 Å². The fraction of sp³-hybridized carbons (Fsp3) is 0.357. The predicted octanol–water partition coefficient (Wildman–Crippen LogP) is 3.28. The Hall–Kier alpha value is -1.77. The Morgan fingerprint density at radius 1 is 1.29 bits per heavy atom. The Labute approximate surface area is 102 Å². The highest BCUT2D eigenvalue weighted by atomic mass is 14.9. The molecule has 0 aliphatic rings. The van der Waals surface area contributed by atoms with Crippen LogP contribution in [0.2, 0.25) is 0 Å². The lowest BCUT2D eigenvalue weighted by atomic mass is 10.1. The molecule has 0 unspecified atom stereocenters. The molecule has 0 fully saturated rings. The molecule has 0 radical (unpaired) electrons. The standard InChI is InChI=1S/C14H19N3/c1-10(2)7-9-17-13-6-5-12-11(14(13)15)4-3-8-16-12/h3-6,8,10,17H,7,9,15H2,1-2H3. The molecule has 0 saturated heterocycles. The van der Waals surface area contributed by atoms with E-state index in [0.29, 0.717) is 5.92 Å². The number of rotatable bonds is 4. The van der Waals surface area contributed by atoms with Crippen LogP contribution in [0.1, 0.15) is 20.3 Å². The first kappa shape index (κ1) is 11.7. The average molecular weight is 229 g/mol. The summed E-state index contributed by atoms with van der Waals surface area (Å²) >= 11 is 0. The maximum Gasteiger partial charge on any atom is 0.0724 e. The van der Waals surface area contributed by atoms with Crippen molar-refractivity contribution in [2.45, 2.75) is 20.3 Å². The Morgan fingerprint density at radius 2 is 2.12 bits per heavy atom. The molecule has 90 valence electrons. The molecule has 2 rings (SSSR count). The molecular formula is C14H19N3. The van der Waals surface area contributed by atoms with Gasteiger partial charge in [-0.25, -0.2) is 0 Å². The molecule has 1 heterocycles. The molecule has 0 saturated carbocycles. The lowest BCUT2D eigenvalue weighted by molar-refractivity contribution is 0.607. The summed E-state index contributed by atoms with van der Waals surface area (Å²) < 4.78 is 0. The molecule has 0 aliphatic carbocycles. The lowest BCUT2D eigenvalue weighted by Gasteiger charge is -2.12. The van der Waals surface area contributed by atoms with Gasteiger partial charge in [0.05, 0.1) is 16.9 Å². The van der Waals surface area contributed by atoms with Crippen molar-refractivity contribution in [3.8, 4) is 0 Å². The zero-order valence-corrected chi connectivity index (χ0v) is 10.4. The van der Waals surface area contributed by atoms with Crippen molar-refractivity contribution in [2.24, 2.45) is 5.92 Å². The molecule has 1 aromatic heterocycles. The van der Waals surface area contributed by atoms with Gasteiger partial charge in [0.1, 0.15) is 0 Å². The van der Waals surface area contributed by atoms with Gasteiger partial charge in [0.15, 0.2) is 0 Å². The van der Waals surface area contributed by atoms with Crippen molar-refractivity contribution >= 4 is 22.3 Å². The third-order valence-corrected chi connectivity index (χ3v) is 2.86. The third-order valence-electron chi connectivity index (χ3n) is 2.86. The highest BCUT2D eigenvalue weighted by Crippen LogP contribution is 2.27. The van der Waals surface area contributed by atoms with Gasteiger partial charge in [-0.3, -0.25) is 4.98 Å². The van der Waals surface area contributed by atoms with Crippen molar-refractivity contribution in [3.63, 3.8) is 0 Å². The molecule has 0 atom stereocenters. The fourth-order valence-electron chi connectivity index (χ4n) is 1.82. The van der Waals surface area contributed by atoms with E-state index in [4.69, 9.17) is 5.73 Å². The average Bonchev–Trinajstić information content (AvgIpc) is 2.32. The Balaban J connectivity index is 2.21. The highest BCUT2D eigenvalue weighted by molar-refractivity contribution is 5.96. The van der Waals surface area contributed by atoms with E-state index in [1.807, 2.05) is 24.3 Å². The molecule has 3 heteroatoms. The monoisotopic (exact) mass is 229 g/mol. The molecule has 0 spiro atoms. The van der Waals surface area contributed by atoms with E-state index in [1.165, 1.54) is 0 Å². The zero-order valence-electron chi connectivity index (χ0n) is 10.4. The third kappa shape index (κ3) is 2.67. The number of aromatic nitrogens is 1. The minimum absolute atomic E-state index is 0.700. The summed E-state index contributed by atoms with van der Waals surface area (Å²) in [5, 5.41) is 4.40. The van der Waals surface area contributed by atoms with E-state index >= 15 is 0 Å². The molecule has 2 aromatic rings. The molecule has 0 bridgehead atoms. The van der Waals surface area contributed by atoms with Crippen LogP contribution in [-0.2, 0) is 0 Å². The second kappa shape index (κ2) is 5.04. The quantitative estimate of drug-likeness (QED) is 0.791. The SMILES string of the molecule is CC(C)CCNc1ccc2ncccc2c1N. The van der Waals surface area contributed by atoms with Gasteiger partial charge in [0.25, 0.3) is 0 Å². The number of nitrogens with one attached hydrogen (secondary N) is 1. The number of benzene rings is 1. The van der Waals surface area contributed by atoms with Gasteiger partial charge >= 0.3 is 0 Å². The Bertz CT molecular complexity index is 506. The van der Waals surface area contributed by atoms with Crippen LogP contribution in [-0.4, -0.2) is 11.5 Å². The fourth-order valence-corrected chi connectivity index (χ4v) is 1.82. The van der Waals surface area contributed by atoms with Gasteiger partial charge in [-0.05, 0) is 36.6 Å². The number of anilines is 2. The van der Waals surface area contributed by atoms with Gasteiger partial charge in [-0.15, -0.1) is 0 Å². The first-order valence-electron chi connectivity index (χ1n) is 6.05. The molecular weight excluding hydrogens is 210 g/mol. The van der Waals surface area contributed by atoms with Crippen molar-refractivity contribution in [2.75, 3.05) is 17.6 Å². The van der Waals surface area contributed by atoms with Crippen LogP contribution in [0.5, 0.6) is 0 Å². The lowest BCUT2D eigenvalue weighted by Crippen LogP contribution is -2.07. The van der Waals surface area contributed by atoms with Crippen LogP contribution in [0.15, 0.2) is 30.5 Å². The minimum atomic E-state index is 0.700. The first-order chi connectivity index (χ1) is 8.18. The molecule has 0 aliphatic heterocycles. The molecule has 3 N–H and O–H groups in total. The Morgan fingerprint density at radius 3 is 2.88 bits per heavy atom. The minimum Gasteiger partial charge on any atom is -0.397 e. The normalized spacial score (nSPS) is 11.0. The first-order valence-corrected chi connectivity index (χ1v) is 6.05. The number of nitrogen functional groups attached to an aromatic ring is 1. The van der Waals surface area contributed by atoms with Gasteiger partial charge in [-0.1, -0.05) is 13.8 Å². The largest absolute Gasteiger partial charge is 0.397 e. The number of hydrogen-bond donors (Lipinski definition) is 2. The van der Waals surface area contributed by atoms with Gasteiger partial charge in [0.2, 0.25) is 0 Å². The van der Waals surface area contributed by atoms with E-state index in [1.54, 1.807) is 6.20 Å². The highest BCUT2D eigenvalue weighted by Gasteiger charge is 2.04. The summed E-state index contributed by atoms with van der Waals surface area (Å²) in [6.07, 6.45) is 2.93. The number of fused-ring (bicyclic) bond motifs is 1.